The van der Waals surface area contributed by atoms with Crippen LogP contribution < -0.4 is 5.32 Å². The Morgan fingerprint density at radius 1 is 0.467 bits per heavy atom. The first-order valence-electron chi connectivity index (χ1n) is 31.3. The third-order valence-corrected chi connectivity index (χ3v) is 14.4. The van der Waals surface area contributed by atoms with Crippen molar-refractivity contribution in [1.82, 2.24) is 5.32 Å². The molecule has 1 heterocycles. The number of amides is 1. The minimum absolute atomic E-state index is 0.189. The van der Waals surface area contributed by atoms with E-state index < -0.39 is 49.5 Å². The standard InChI is InChI=1S/C66H117NO8/c1-3-5-7-9-11-13-15-17-19-20-21-22-23-24-25-26-27-28-29-30-31-32-33-34-35-36-37-38-39-40-42-44-46-48-50-52-54-56-62(70)67-59(58-74-66-65(73)64(72)63(71)61(57-68)75-66)60(69)55-53-51-49-47-45-43-41-18-16-14-12-10-8-6-4-2/h5,7,11,13,16-19,21-22,45,47,53,55,59-61,63-66,68-69,71-73H,3-4,6,8-10,12,14-15,20,23-44,46,48-52,54,56-58H2,1-2H3,(H,67,70)/b7-5-,13-11-,18-16+,19-17-,22-21-,47-45+,55-53+. The summed E-state index contributed by atoms with van der Waals surface area (Å²) in [4.78, 5) is 13.1. The molecule has 1 fully saturated rings. The Bertz CT molecular complexity index is 1450. The van der Waals surface area contributed by atoms with Crippen LogP contribution in [0.1, 0.15) is 271 Å². The molecule has 0 aromatic heterocycles. The van der Waals surface area contributed by atoms with Gasteiger partial charge in [-0.3, -0.25) is 4.79 Å². The van der Waals surface area contributed by atoms with E-state index >= 15 is 0 Å². The maximum absolute atomic E-state index is 13.1. The maximum Gasteiger partial charge on any atom is 0.220 e. The van der Waals surface area contributed by atoms with Gasteiger partial charge in [-0.1, -0.05) is 266 Å². The Kier molecular flexibility index (Phi) is 51.3. The van der Waals surface area contributed by atoms with Gasteiger partial charge in [0.15, 0.2) is 6.29 Å². The number of carbonyl (C=O) groups excluding carboxylic acids is 1. The van der Waals surface area contributed by atoms with E-state index in [2.05, 4.69) is 92.1 Å². The van der Waals surface area contributed by atoms with Crippen LogP contribution in [0.3, 0.4) is 0 Å². The summed E-state index contributed by atoms with van der Waals surface area (Å²) in [5.41, 5.74) is 0. The van der Waals surface area contributed by atoms with Crippen molar-refractivity contribution in [2.75, 3.05) is 13.2 Å². The molecule has 7 atom stereocenters. The van der Waals surface area contributed by atoms with Gasteiger partial charge < -0.3 is 40.3 Å². The van der Waals surface area contributed by atoms with Crippen molar-refractivity contribution >= 4 is 5.91 Å². The Morgan fingerprint density at radius 2 is 0.840 bits per heavy atom. The summed E-state index contributed by atoms with van der Waals surface area (Å²) in [6.07, 6.45) is 71.1. The van der Waals surface area contributed by atoms with Crippen LogP contribution in [0.5, 0.6) is 0 Å². The van der Waals surface area contributed by atoms with Crippen molar-refractivity contribution in [1.29, 1.82) is 0 Å². The van der Waals surface area contributed by atoms with Gasteiger partial charge in [0, 0.05) is 6.42 Å². The third kappa shape index (κ3) is 44.0. The molecule has 0 radical (unpaired) electrons. The quantitative estimate of drug-likeness (QED) is 0.0261. The summed E-state index contributed by atoms with van der Waals surface area (Å²) in [6, 6.07) is -0.829. The number of hydrogen-bond acceptors (Lipinski definition) is 8. The molecule has 7 unspecified atom stereocenters. The van der Waals surface area contributed by atoms with Crippen LogP contribution >= 0.6 is 0 Å². The number of rotatable bonds is 53. The molecule has 9 nitrogen and oxygen atoms in total. The summed E-state index contributed by atoms with van der Waals surface area (Å²) in [5.74, 6) is -0.189. The minimum Gasteiger partial charge on any atom is -0.394 e. The molecule has 1 saturated heterocycles. The van der Waals surface area contributed by atoms with Gasteiger partial charge >= 0.3 is 0 Å². The van der Waals surface area contributed by atoms with Crippen molar-refractivity contribution in [2.45, 2.75) is 314 Å². The van der Waals surface area contributed by atoms with Gasteiger partial charge in [-0.25, -0.2) is 0 Å². The first-order chi connectivity index (χ1) is 36.8. The van der Waals surface area contributed by atoms with E-state index in [1.165, 1.54) is 173 Å². The molecule has 0 bridgehead atoms. The number of carbonyl (C=O) groups is 1. The largest absolute Gasteiger partial charge is 0.394 e. The molecule has 0 saturated carbocycles. The van der Waals surface area contributed by atoms with Crippen LogP contribution in [-0.2, 0) is 14.3 Å². The van der Waals surface area contributed by atoms with Crippen molar-refractivity contribution in [3.8, 4) is 0 Å². The normalized spacial score (nSPS) is 19.5. The minimum atomic E-state index is -1.58. The molecule has 6 N–H and O–H groups in total. The van der Waals surface area contributed by atoms with E-state index in [0.717, 1.165) is 77.0 Å². The monoisotopic (exact) mass is 1050 g/mol. The van der Waals surface area contributed by atoms with E-state index in [1.807, 2.05) is 6.08 Å². The van der Waals surface area contributed by atoms with Crippen molar-refractivity contribution in [3.05, 3.63) is 85.1 Å². The number of nitrogens with one attached hydrogen (secondary N) is 1. The maximum atomic E-state index is 13.1. The SMILES string of the molecule is CC/C=C\C/C=C\C/C=C\C/C=C\CCCCCCCCCCCCCCCCCCCCCCCCCCC(=O)NC(COC1OC(CO)C(O)C(O)C1O)C(O)/C=C/CC/C=C/CC/C=C/CCCCCCC. The molecule has 1 rings (SSSR count). The first-order valence-corrected chi connectivity index (χ1v) is 31.3. The first kappa shape index (κ1) is 70.4. The molecule has 9 heteroatoms. The van der Waals surface area contributed by atoms with E-state index in [9.17, 15) is 30.3 Å². The highest BCUT2D eigenvalue weighted by Crippen LogP contribution is 2.23. The van der Waals surface area contributed by atoms with E-state index in [0.29, 0.717) is 6.42 Å². The van der Waals surface area contributed by atoms with Gasteiger partial charge in [0.05, 0.1) is 25.4 Å². The predicted octanol–water partition coefficient (Wildman–Crippen LogP) is 16.2. The van der Waals surface area contributed by atoms with Crippen LogP contribution in [0, 0.1) is 0 Å². The highest BCUT2D eigenvalue weighted by atomic mass is 16.7. The zero-order valence-electron chi connectivity index (χ0n) is 48.3. The van der Waals surface area contributed by atoms with Gasteiger partial charge in [-0.2, -0.15) is 0 Å². The van der Waals surface area contributed by atoms with Gasteiger partial charge in [0.1, 0.15) is 24.4 Å². The fourth-order valence-corrected chi connectivity index (χ4v) is 9.53. The predicted molar refractivity (Wildman–Crippen MR) is 318 cm³/mol. The Morgan fingerprint density at radius 3 is 1.28 bits per heavy atom. The van der Waals surface area contributed by atoms with Crippen LogP contribution in [0.2, 0.25) is 0 Å². The molecule has 434 valence electrons. The summed E-state index contributed by atoms with van der Waals surface area (Å²) in [6.45, 7) is 3.64. The van der Waals surface area contributed by atoms with Gasteiger partial charge in [-0.05, 0) is 83.5 Å². The zero-order chi connectivity index (χ0) is 54.3. The van der Waals surface area contributed by atoms with Crippen LogP contribution in [0.15, 0.2) is 85.1 Å². The molecule has 0 spiro atoms. The van der Waals surface area contributed by atoms with Gasteiger partial charge in [0.25, 0.3) is 0 Å². The van der Waals surface area contributed by atoms with Gasteiger partial charge in [0.2, 0.25) is 5.91 Å². The smallest absolute Gasteiger partial charge is 0.220 e. The second-order valence-electron chi connectivity index (χ2n) is 21.4. The van der Waals surface area contributed by atoms with Crippen LogP contribution in [0.25, 0.3) is 0 Å². The van der Waals surface area contributed by atoms with E-state index in [1.54, 1.807) is 6.08 Å². The molecule has 75 heavy (non-hydrogen) atoms. The molecule has 1 amide bonds. The Labute approximate surface area is 461 Å². The van der Waals surface area contributed by atoms with Crippen molar-refractivity contribution in [2.24, 2.45) is 0 Å². The highest BCUT2D eigenvalue weighted by Gasteiger charge is 2.44. The number of hydrogen-bond donors (Lipinski definition) is 6. The number of allylic oxidation sites excluding steroid dienone is 13. The average Bonchev–Trinajstić information content (AvgIpc) is 3.41. The summed E-state index contributed by atoms with van der Waals surface area (Å²) >= 11 is 0. The average molecular weight is 1050 g/mol. The number of unbranched alkanes of at least 4 members (excludes halogenated alkanes) is 31. The Hall–Kier alpha value is -2.63. The number of aliphatic hydroxyl groups excluding tert-OH is 5. The second-order valence-corrected chi connectivity index (χ2v) is 21.4. The molecular weight excluding hydrogens is 935 g/mol. The zero-order valence-corrected chi connectivity index (χ0v) is 48.3. The van der Waals surface area contributed by atoms with Crippen LogP contribution in [-0.4, -0.2) is 87.5 Å². The molecule has 1 aliphatic heterocycles. The van der Waals surface area contributed by atoms with Crippen molar-refractivity contribution in [3.63, 3.8) is 0 Å². The topological polar surface area (TPSA) is 149 Å². The second kappa shape index (κ2) is 54.7. The summed E-state index contributed by atoms with van der Waals surface area (Å²) < 4.78 is 11.2. The number of aliphatic hydroxyl groups is 5. The lowest BCUT2D eigenvalue weighted by Gasteiger charge is -2.40. The fourth-order valence-electron chi connectivity index (χ4n) is 9.53. The fraction of sp³-hybridized carbons (Fsp3) is 0.773. The van der Waals surface area contributed by atoms with E-state index in [-0.39, 0.29) is 12.5 Å². The summed E-state index contributed by atoms with van der Waals surface area (Å²) in [5, 5.41) is 54.5. The van der Waals surface area contributed by atoms with Gasteiger partial charge in [-0.15, -0.1) is 0 Å². The van der Waals surface area contributed by atoms with Crippen molar-refractivity contribution < 1.29 is 39.8 Å². The summed E-state index contributed by atoms with van der Waals surface area (Å²) in [7, 11) is 0. The molecule has 0 aromatic rings. The lowest BCUT2D eigenvalue weighted by Crippen LogP contribution is -2.60. The molecule has 0 aliphatic carbocycles. The highest BCUT2D eigenvalue weighted by molar-refractivity contribution is 5.76. The van der Waals surface area contributed by atoms with Crippen LogP contribution in [0.4, 0.5) is 0 Å². The lowest BCUT2D eigenvalue weighted by atomic mass is 9.99. The van der Waals surface area contributed by atoms with E-state index in [4.69, 9.17) is 9.47 Å². The number of ether oxygens (including phenoxy) is 2. The lowest BCUT2D eigenvalue weighted by molar-refractivity contribution is -0.302. The molecule has 1 aliphatic rings. The molecule has 0 aromatic carbocycles. The Balaban J connectivity index is 2.09. The molecular formula is C66H117NO8. The third-order valence-electron chi connectivity index (χ3n) is 14.4.